The minimum Gasteiger partial charge on any atom is -0.506 e. The number of thiophene rings is 1. The molecule has 0 bridgehead atoms. The molecule has 3 nitrogen and oxygen atoms in total. The molecule has 1 aromatic carbocycles. The molecule has 14 heavy (non-hydrogen) atoms. The third-order valence-electron chi connectivity index (χ3n) is 1.96. The molecule has 0 aliphatic rings. The predicted molar refractivity (Wildman–Crippen MR) is 54.8 cm³/mol. The molecule has 1 heterocycles. The minimum atomic E-state index is 0.187. The molecule has 0 aliphatic carbocycles. The number of ether oxygens (including phenoxy) is 1. The summed E-state index contributed by atoms with van der Waals surface area (Å²) in [5, 5.41) is 19.8. The number of nitrogens with zero attached hydrogens (tertiary/aromatic N) is 1. The van der Waals surface area contributed by atoms with Crippen LogP contribution in [0.1, 0.15) is 5.56 Å². The SMILES string of the molecule is COc1cc2c(C#N)ccc(O)c2s1. The van der Waals surface area contributed by atoms with Gasteiger partial charge in [0.2, 0.25) is 0 Å². The summed E-state index contributed by atoms with van der Waals surface area (Å²) in [4.78, 5) is 0. The quantitative estimate of drug-likeness (QED) is 0.778. The van der Waals surface area contributed by atoms with Crippen molar-refractivity contribution in [1.29, 1.82) is 5.26 Å². The maximum Gasteiger partial charge on any atom is 0.174 e. The van der Waals surface area contributed by atoms with Crippen molar-refractivity contribution in [2.45, 2.75) is 0 Å². The Morgan fingerprint density at radius 1 is 1.50 bits per heavy atom. The Balaban J connectivity index is 2.83. The highest BCUT2D eigenvalue weighted by atomic mass is 32.1. The molecule has 70 valence electrons. The molecule has 0 unspecified atom stereocenters. The molecule has 0 aliphatic heterocycles. The Labute approximate surface area is 84.8 Å². The van der Waals surface area contributed by atoms with E-state index in [4.69, 9.17) is 10.00 Å². The van der Waals surface area contributed by atoms with Gasteiger partial charge in [0, 0.05) is 11.5 Å². The van der Waals surface area contributed by atoms with Crippen LogP contribution in [0.3, 0.4) is 0 Å². The van der Waals surface area contributed by atoms with E-state index in [9.17, 15) is 5.11 Å². The van der Waals surface area contributed by atoms with Crippen LogP contribution in [0.4, 0.5) is 0 Å². The van der Waals surface area contributed by atoms with Gasteiger partial charge in [-0.25, -0.2) is 0 Å². The zero-order valence-corrected chi connectivity index (χ0v) is 8.26. The number of hydrogen-bond donors (Lipinski definition) is 1. The van der Waals surface area contributed by atoms with Crippen LogP contribution < -0.4 is 4.74 Å². The van der Waals surface area contributed by atoms with Crippen molar-refractivity contribution in [3.8, 4) is 16.9 Å². The van der Waals surface area contributed by atoms with E-state index in [0.717, 1.165) is 5.39 Å². The van der Waals surface area contributed by atoms with Gasteiger partial charge in [-0.3, -0.25) is 0 Å². The molecule has 0 saturated heterocycles. The van der Waals surface area contributed by atoms with Gasteiger partial charge in [0.25, 0.3) is 0 Å². The first-order chi connectivity index (χ1) is 6.76. The lowest BCUT2D eigenvalue weighted by atomic mass is 10.1. The Morgan fingerprint density at radius 3 is 2.93 bits per heavy atom. The lowest BCUT2D eigenvalue weighted by molar-refractivity contribution is 0.427. The highest BCUT2D eigenvalue weighted by molar-refractivity contribution is 7.21. The van der Waals surface area contributed by atoms with E-state index in [1.54, 1.807) is 19.2 Å². The second kappa shape index (κ2) is 3.20. The molecule has 0 fully saturated rings. The molecule has 0 atom stereocenters. The number of fused-ring (bicyclic) bond motifs is 1. The fourth-order valence-corrected chi connectivity index (χ4v) is 2.20. The van der Waals surface area contributed by atoms with E-state index in [-0.39, 0.29) is 5.75 Å². The van der Waals surface area contributed by atoms with Gasteiger partial charge in [0.1, 0.15) is 5.75 Å². The first-order valence-corrected chi connectivity index (χ1v) is 4.77. The summed E-state index contributed by atoms with van der Waals surface area (Å²) in [5.74, 6) is 0.187. The molecule has 0 saturated carbocycles. The van der Waals surface area contributed by atoms with Gasteiger partial charge in [0.15, 0.2) is 5.06 Å². The maximum absolute atomic E-state index is 9.55. The molecule has 2 rings (SSSR count). The highest BCUT2D eigenvalue weighted by Crippen LogP contribution is 2.38. The van der Waals surface area contributed by atoms with Crippen LogP contribution in [0.25, 0.3) is 10.1 Å². The van der Waals surface area contributed by atoms with Crippen molar-refractivity contribution >= 4 is 21.4 Å². The van der Waals surface area contributed by atoms with Crippen LogP contribution in [-0.2, 0) is 0 Å². The minimum absolute atomic E-state index is 0.187. The van der Waals surface area contributed by atoms with Crippen molar-refractivity contribution in [2.24, 2.45) is 0 Å². The van der Waals surface area contributed by atoms with E-state index < -0.39 is 0 Å². The molecule has 1 aromatic heterocycles. The first-order valence-electron chi connectivity index (χ1n) is 3.96. The van der Waals surface area contributed by atoms with Gasteiger partial charge >= 0.3 is 0 Å². The maximum atomic E-state index is 9.55. The fraction of sp³-hybridized carbons (Fsp3) is 0.100. The normalized spacial score (nSPS) is 10.0. The number of phenolic OH excluding ortho intramolecular Hbond substituents is 1. The second-order valence-corrected chi connectivity index (χ2v) is 3.77. The number of nitriles is 1. The van der Waals surface area contributed by atoms with E-state index in [1.165, 1.54) is 17.4 Å². The lowest BCUT2D eigenvalue weighted by Gasteiger charge is -1.94. The van der Waals surface area contributed by atoms with Crippen molar-refractivity contribution < 1.29 is 9.84 Å². The lowest BCUT2D eigenvalue weighted by Crippen LogP contribution is -1.75. The number of aromatic hydroxyl groups is 1. The fourth-order valence-electron chi connectivity index (χ4n) is 1.28. The monoisotopic (exact) mass is 205 g/mol. The van der Waals surface area contributed by atoms with Crippen LogP contribution in [0.5, 0.6) is 10.8 Å². The number of methoxy groups -OCH3 is 1. The third-order valence-corrected chi connectivity index (χ3v) is 3.08. The predicted octanol–water partition coefficient (Wildman–Crippen LogP) is 2.49. The van der Waals surface area contributed by atoms with Crippen LogP contribution >= 0.6 is 11.3 Å². The van der Waals surface area contributed by atoms with Gasteiger partial charge < -0.3 is 9.84 Å². The molecule has 4 heteroatoms. The van der Waals surface area contributed by atoms with Gasteiger partial charge in [-0.2, -0.15) is 5.26 Å². The molecular weight excluding hydrogens is 198 g/mol. The summed E-state index contributed by atoms with van der Waals surface area (Å²) in [5.41, 5.74) is 0.553. The summed E-state index contributed by atoms with van der Waals surface area (Å²) in [6, 6.07) is 6.96. The molecular formula is C10H7NO2S. The number of rotatable bonds is 1. The van der Waals surface area contributed by atoms with Crippen LogP contribution in [0.15, 0.2) is 18.2 Å². The van der Waals surface area contributed by atoms with Crippen molar-refractivity contribution in [3.05, 3.63) is 23.8 Å². The second-order valence-electron chi connectivity index (χ2n) is 2.76. The smallest absolute Gasteiger partial charge is 0.174 e. The zero-order chi connectivity index (χ0) is 10.1. The van der Waals surface area contributed by atoms with Gasteiger partial charge in [-0.1, -0.05) is 11.3 Å². The average Bonchev–Trinajstić information content (AvgIpc) is 2.63. The molecule has 1 N–H and O–H groups in total. The topological polar surface area (TPSA) is 53.2 Å². The van der Waals surface area contributed by atoms with Crippen molar-refractivity contribution in [2.75, 3.05) is 7.11 Å². The standard InChI is InChI=1S/C10H7NO2S/c1-13-9-4-7-6(5-11)2-3-8(12)10(7)14-9/h2-4,12H,1H3. The summed E-state index contributed by atoms with van der Waals surface area (Å²) >= 11 is 1.33. The molecule has 0 amide bonds. The number of phenols is 1. The number of benzene rings is 1. The summed E-state index contributed by atoms with van der Waals surface area (Å²) in [6.07, 6.45) is 0. The molecule has 0 spiro atoms. The Kier molecular flexibility index (Phi) is 2.02. The van der Waals surface area contributed by atoms with E-state index in [1.807, 2.05) is 0 Å². The van der Waals surface area contributed by atoms with Crippen LogP contribution in [0, 0.1) is 11.3 Å². The van der Waals surface area contributed by atoms with E-state index in [2.05, 4.69) is 6.07 Å². The van der Waals surface area contributed by atoms with Crippen LogP contribution in [0.2, 0.25) is 0 Å². The Bertz CT molecular complexity index is 525. The van der Waals surface area contributed by atoms with Gasteiger partial charge in [-0.15, -0.1) is 0 Å². The zero-order valence-electron chi connectivity index (χ0n) is 7.44. The summed E-state index contributed by atoms with van der Waals surface area (Å²) in [7, 11) is 1.56. The van der Waals surface area contributed by atoms with Crippen molar-refractivity contribution in [3.63, 3.8) is 0 Å². The third kappa shape index (κ3) is 1.19. The average molecular weight is 205 g/mol. The largest absolute Gasteiger partial charge is 0.506 e. The van der Waals surface area contributed by atoms with Crippen molar-refractivity contribution in [1.82, 2.24) is 0 Å². The van der Waals surface area contributed by atoms with E-state index >= 15 is 0 Å². The molecule has 2 aromatic rings. The van der Waals surface area contributed by atoms with E-state index in [0.29, 0.717) is 15.3 Å². The van der Waals surface area contributed by atoms with Crippen LogP contribution in [-0.4, -0.2) is 12.2 Å². The highest BCUT2D eigenvalue weighted by Gasteiger charge is 2.09. The Morgan fingerprint density at radius 2 is 2.29 bits per heavy atom. The molecule has 0 radical (unpaired) electrons. The van der Waals surface area contributed by atoms with Gasteiger partial charge in [-0.05, 0) is 12.1 Å². The summed E-state index contributed by atoms with van der Waals surface area (Å²) < 4.78 is 5.75. The number of hydrogen-bond acceptors (Lipinski definition) is 4. The first kappa shape index (κ1) is 8.85. The summed E-state index contributed by atoms with van der Waals surface area (Å²) in [6.45, 7) is 0. The van der Waals surface area contributed by atoms with Gasteiger partial charge in [0.05, 0.1) is 23.4 Å². The Hall–Kier alpha value is -1.73.